The van der Waals surface area contributed by atoms with E-state index in [0.717, 1.165) is 16.8 Å². The third kappa shape index (κ3) is 5.59. The van der Waals surface area contributed by atoms with Gasteiger partial charge >= 0.3 is 0 Å². The van der Waals surface area contributed by atoms with E-state index in [-0.39, 0.29) is 5.57 Å². The number of hydrogen-bond donors (Lipinski definition) is 1. The molecule has 2 aromatic carbocycles. The van der Waals surface area contributed by atoms with Crippen LogP contribution in [0, 0.1) is 11.3 Å². The van der Waals surface area contributed by atoms with Crippen molar-refractivity contribution in [1.29, 1.82) is 5.26 Å². The minimum atomic E-state index is -0.453. The highest BCUT2D eigenvalue weighted by atomic mass is 16.5. The van der Waals surface area contributed by atoms with Crippen molar-refractivity contribution >= 4 is 12.0 Å². The molecule has 4 rings (SSSR count). The predicted octanol–water partition coefficient (Wildman–Crippen LogP) is 4.22. The second-order valence-corrected chi connectivity index (χ2v) is 7.81. The molecule has 2 heterocycles. The molecule has 2 aromatic heterocycles. The Morgan fingerprint density at radius 1 is 1.06 bits per heavy atom. The highest BCUT2D eigenvalue weighted by Crippen LogP contribution is 2.28. The summed E-state index contributed by atoms with van der Waals surface area (Å²) in [5.41, 5.74) is 3.95. The predicted molar refractivity (Wildman–Crippen MR) is 137 cm³/mol. The molecule has 8 nitrogen and oxygen atoms in total. The molecule has 1 amide bonds. The van der Waals surface area contributed by atoms with Gasteiger partial charge in [-0.25, -0.2) is 4.68 Å². The second kappa shape index (κ2) is 11.5. The average Bonchev–Trinajstić information content (AvgIpc) is 3.36. The zero-order valence-corrected chi connectivity index (χ0v) is 20.0. The van der Waals surface area contributed by atoms with Gasteiger partial charge in [-0.3, -0.25) is 9.78 Å². The molecule has 36 heavy (non-hydrogen) atoms. The zero-order valence-electron chi connectivity index (χ0n) is 20.0. The molecule has 0 fully saturated rings. The quantitative estimate of drug-likeness (QED) is 0.285. The van der Waals surface area contributed by atoms with Crippen LogP contribution in [0.2, 0.25) is 0 Å². The maximum atomic E-state index is 12.8. The van der Waals surface area contributed by atoms with Crippen molar-refractivity contribution in [3.8, 4) is 34.5 Å². The number of nitriles is 1. The van der Waals surface area contributed by atoms with Gasteiger partial charge in [0.05, 0.1) is 19.9 Å². The lowest BCUT2D eigenvalue weighted by Gasteiger charge is -2.10. The first-order valence-electron chi connectivity index (χ1n) is 11.3. The molecule has 0 saturated carbocycles. The van der Waals surface area contributed by atoms with E-state index in [9.17, 15) is 10.1 Å². The van der Waals surface area contributed by atoms with Crippen molar-refractivity contribution in [2.24, 2.45) is 0 Å². The first kappa shape index (κ1) is 24.2. The number of ether oxygens (including phenoxy) is 2. The van der Waals surface area contributed by atoms with Crippen LogP contribution in [0.15, 0.2) is 84.8 Å². The van der Waals surface area contributed by atoms with Gasteiger partial charge in [-0.1, -0.05) is 24.3 Å². The molecule has 0 atom stereocenters. The standard InChI is InChI=1S/C28H25N5O3/c1-35-25-9-8-20(16-26(25)36-2)10-15-31-28(34)22(18-29)17-23-19-33(24-6-4-3-5-7-24)32-27(23)21-11-13-30-14-12-21/h3-9,11-14,16-17,19H,10,15H2,1-2H3,(H,31,34)/b22-17+. The molecular weight excluding hydrogens is 454 g/mol. The van der Waals surface area contributed by atoms with Crippen LogP contribution in [0.3, 0.4) is 0 Å². The van der Waals surface area contributed by atoms with Gasteiger partial charge < -0.3 is 14.8 Å². The largest absolute Gasteiger partial charge is 0.493 e. The molecule has 0 spiro atoms. The molecule has 0 aliphatic rings. The van der Waals surface area contributed by atoms with Crippen molar-refractivity contribution < 1.29 is 14.3 Å². The van der Waals surface area contributed by atoms with Crippen LogP contribution in [0.25, 0.3) is 23.0 Å². The smallest absolute Gasteiger partial charge is 0.261 e. The number of nitrogens with zero attached hydrogens (tertiary/aromatic N) is 4. The minimum Gasteiger partial charge on any atom is -0.493 e. The Hall–Kier alpha value is -4.90. The van der Waals surface area contributed by atoms with E-state index >= 15 is 0 Å². The van der Waals surface area contributed by atoms with E-state index in [1.165, 1.54) is 0 Å². The SMILES string of the molecule is COc1ccc(CCNC(=O)/C(C#N)=C/c2cn(-c3ccccc3)nc2-c2ccncc2)cc1OC. The molecule has 4 aromatic rings. The van der Waals surface area contributed by atoms with Gasteiger partial charge in [-0.15, -0.1) is 0 Å². The summed E-state index contributed by atoms with van der Waals surface area (Å²) in [5.74, 6) is 0.810. The number of aromatic nitrogens is 3. The molecule has 0 aliphatic heterocycles. The maximum absolute atomic E-state index is 12.8. The topological polar surface area (TPSA) is 102 Å². The van der Waals surface area contributed by atoms with Gasteiger partial charge in [0.25, 0.3) is 5.91 Å². The van der Waals surface area contributed by atoms with Crippen LogP contribution in [0.1, 0.15) is 11.1 Å². The summed E-state index contributed by atoms with van der Waals surface area (Å²) in [4.78, 5) is 16.9. The third-order valence-corrected chi connectivity index (χ3v) is 5.53. The first-order chi connectivity index (χ1) is 17.6. The lowest BCUT2D eigenvalue weighted by atomic mass is 10.1. The Morgan fingerprint density at radius 2 is 1.81 bits per heavy atom. The number of benzene rings is 2. The van der Waals surface area contributed by atoms with Crippen LogP contribution in [0.4, 0.5) is 0 Å². The number of carbonyl (C=O) groups excluding carboxylic acids is 1. The highest BCUT2D eigenvalue weighted by molar-refractivity contribution is 6.02. The summed E-state index contributed by atoms with van der Waals surface area (Å²) in [6.45, 7) is 0.355. The van der Waals surface area contributed by atoms with Crippen molar-refractivity contribution in [2.45, 2.75) is 6.42 Å². The monoisotopic (exact) mass is 479 g/mol. The van der Waals surface area contributed by atoms with Crippen LogP contribution in [-0.2, 0) is 11.2 Å². The summed E-state index contributed by atoms with van der Waals surface area (Å²) in [6, 6.07) is 20.9. The molecule has 0 aliphatic carbocycles. The van der Waals surface area contributed by atoms with Gasteiger partial charge in [-0.2, -0.15) is 10.4 Å². The molecule has 8 heteroatoms. The number of rotatable bonds is 9. The zero-order chi connectivity index (χ0) is 25.3. The van der Waals surface area contributed by atoms with Crippen LogP contribution in [0.5, 0.6) is 11.5 Å². The number of nitrogens with one attached hydrogen (secondary N) is 1. The van der Waals surface area contributed by atoms with E-state index in [2.05, 4.69) is 10.3 Å². The fourth-order valence-corrected chi connectivity index (χ4v) is 3.70. The summed E-state index contributed by atoms with van der Waals surface area (Å²) in [6.07, 6.45) is 7.29. The van der Waals surface area contributed by atoms with Gasteiger partial charge in [-0.05, 0) is 54.5 Å². The van der Waals surface area contributed by atoms with E-state index < -0.39 is 5.91 Å². The van der Waals surface area contributed by atoms with Crippen molar-refractivity contribution in [3.63, 3.8) is 0 Å². The van der Waals surface area contributed by atoms with E-state index in [1.807, 2.05) is 66.7 Å². The second-order valence-electron chi connectivity index (χ2n) is 7.81. The number of hydrogen-bond acceptors (Lipinski definition) is 6. The highest BCUT2D eigenvalue weighted by Gasteiger charge is 2.15. The number of para-hydroxylation sites is 1. The van der Waals surface area contributed by atoms with Gasteiger partial charge in [0.2, 0.25) is 0 Å². The number of methoxy groups -OCH3 is 2. The first-order valence-corrected chi connectivity index (χ1v) is 11.3. The Kier molecular flexibility index (Phi) is 7.73. The van der Waals surface area contributed by atoms with Crippen molar-refractivity contribution in [3.05, 3.63) is 96.0 Å². The normalized spacial score (nSPS) is 11.0. The van der Waals surface area contributed by atoms with Crippen molar-refractivity contribution in [1.82, 2.24) is 20.1 Å². The fourth-order valence-electron chi connectivity index (χ4n) is 3.70. The number of amides is 1. The van der Waals surface area contributed by atoms with Gasteiger partial charge in [0.1, 0.15) is 17.3 Å². The van der Waals surface area contributed by atoms with Crippen LogP contribution in [-0.4, -0.2) is 41.4 Å². The summed E-state index contributed by atoms with van der Waals surface area (Å²) in [5, 5.41) is 17.3. The fraction of sp³-hybridized carbons (Fsp3) is 0.143. The van der Waals surface area contributed by atoms with Crippen LogP contribution >= 0.6 is 0 Å². The maximum Gasteiger partial charge on any atom is 0.261 e. The Labute approximate surface area is 209 Å². The number of carbonyl (C=O) groups is 1. The van der Waals surface area contributed by atoms with E-state index in [4.69, 9.17) is 14.6 Å². The molecule has 180 valence electrons. The average molecular weight is 480 g/mol. The number of pyridine rings is 1. The summed E-state index contributed by atoms with van der Waals surface area (Å²) < 4.78 is 12.3. The third-order valence-electron chi connectivity index (χ3n) is 5.53. The molecule has 0 bridgehead atoms. The lowest BCUT2D eigenvalue weighted by molar-refractivity contribution is -0.117. The Morgan fingerprint density at radius 3 is 2.50 bits per heavy atom. The van der Waals surface area contributed by atoms with E-state index in [0.29, 0.717) is 35.7 Å². The van der Waals surface area contributed by atoms with E-state index in [1.54, 1.807) is 43.6 Å². The molecule has 0 unspecified atom stereocenters. The Balaban J connectivity index is 1.55. The minimum absolute atomic E-state index is 0.00905. The van der Waals surface area contributed by atoms with Gasteiger partial charge in [0.15, 0.2) is 11.5 Å². The molecule has 0 radical (unpaired) electrons. The van der Waals surface area contributed by atoms with Crippen LogP contribution < -0.4 is 14.8 Å². The summed E-state index contributed by atoms with van der Waals surface area (Å²) >= 11 is 0. The molecule has 1 N–H and O–H groups in total. The molecule has 0 saturated heterocycles. The lowest BCUT2D eigenvalue weighted by Crippen LogP contribution is -2.26. The Bertz CT molecular complexity index is 1410. The summed E-state index contributed by atoms with van der Waals surface area (Å²) in [7, 11) is 3.16. The van der Waals surface area contributed by atoms with Gasteiger partial charge in [0, 0.05) is 36.3 Å². The van der Waals surface area contributed by atoms with Crippen molar-refractivity contribution in [2.75, 3.05) is 20.8 Å². The molecular formula is C28H25N5O3.